The number of nitrogens with zero attached hydrogens (tertiary/aromatic N) is 5. The molecule has 0 amide bonds. The Morgan fingerprint density at radius 2 is 0.914 bits per heavy atom. The third kappa shape index (κ3) is 5.54. The van der Waals surface area contributed by atoms with Crippen LogP contribution in [-0.4, -0.2) is 24.5 Å². The van der Waals surface area contributed by atoms with Crippen molar-refractivity contribution in [3.05, 3.63) is 199 Å². The van der Waals surface area contributed by atoms with Gasteiger partial charge in [0, 0.05) is 44.8 Å². The van der Waals surface area contributed by atoms with Crippen molar-refractivity contribution < 1.29 is 0 Å². The highest BCUT2D eigenvalue weighted by Crippen LogP contribution is 2.50. The highest BCUT2D eigenvalue weighted by atomic mass is 15.0. The summed E-state index contributed by atoms with van der Waals surface area (Å²) < 4.78 is 2.29. The minimum Gasteiger partial charge on any atom is -0.294 e. The van der Waals surface area contributed by atoms with E-state index in [0.29, 0.717) is 17.5 Å². The Morgan fingerprint density at radius 3 is 1.59 bits per heavy atom. The monoisotopic (exact) mass is 743 g/mol. The van der Waals surface area contributed by atoms with Gasteiger partial charge < -0.3 is 0 Å². The van der Waals surface area contributed by atoms with Crippen LogP contribution in [0.4, 0.5) is 0 Å². The van der Waals surface area contributed by atoms with Gasteiger partial charge >= 0.3 is 0 Å². The van der Waals surface area contributed by atoms with Crippen LogP contribution in [0.3, 0.4) is 0 Å². The van der Waals surface area contributed by atoms with Crippen molar-refractivity contribution >= 4 is 21.9 Å². The molecular formula is C53H37N5. The molecule has 0 saturated heterocycles. The molecule has 0 radical (unpaired) electrons. The van der Waals surface area contributed by atoms with Crippen LogP contribution < -0.4 is 0 Å². The van der Waals surface area contributed by atoms with Crippen molar-refractivity contribution in [1.29, 1.82) is 0 Å². The first-order valence-electron chi connectivity index (χ1n) is 19.7. The summed E-state index contributed by atoms with van der Waals surface area (Å²) >= 11 is 0. The molecule has 0 atom stereocenters. The maximum absolute atomic E-state index is 5.26. The normalized spacial score (nSPS) is 12.8. The Hall–Kier alpha value is -7.50. The van der Waals surface area contributed by atoms with Gasteiger partial charge in [-0.05, 0) is 99.1 Å². The smallest absolute Gasteiger partial charge is 0.164 e. The molecule has 7 aromatic carbocycles. The van der Waals surface area contributed by atoms with Gasteiger partial charge in [-0.1, -0.05) is 141 Å². The first kappa shape index (κ1) is 33.8. The van der Waals surface area contributed by atoms with Crippen molar-refractivity contribution in [1.82, 2.24) is 24.5 Å². The van der Waals surface area contributed by atoms with E-state index in [-0.39, 0.29) is 5.41 Å². The number of fused-ring (bicyclic) bond motifs is 6. The van der Waals surface area contributed by atoms with Crippen LogP contribution in [0, 0.1) is 0 Å². The molecule has 3 aromatic heterocycles. The van der Waals surface area contributed by atoms with Crippen LogP contribution >= 0.6 is 0 Å². The van der Waals surface area contributed by atoms with E-state index < -0.39 is 0 Å². The summed E-state index contributed by atoms with van der Waals surface area (Å²) in [6, 6.07) is 64.2. The molecule has 5 heteroatoms. The summed E-state index contributed by atoms with van der Waals surface area (Å²) in [5.74, 6) is 1.91. The number of para-hydroxylation sites is 1. The zero-order chi connectivity index (χ0) is 38.8. The van der Waals surface area contributed by atoms with E-state index in [1.165, 1.54) is 27.6 Å². The van der Waals surface area contributed by atoms with Crippen LogP contribution in [-0.2, 0) is 5.41 Å². The van der Waals surface area contributed by atoms with Crippen LogP contribution in [0.2, 0.25) is 0 Å². The van der Waals surface area contributed by atoms with Gasteiger partial charge in [-0.3, -0.25) is 4.57 Å². The summed E-state index contributed by atoms with van der Waals surface area (Å²) in [6.07, 6.45) is 1.88. The van der Waals surface area contributed by atoms with E-state index in [0.717, 1.165) is 61.2 Å². The molecule has 11 rings (SSSR count). The minimum absolute atomic E-state index is 0.282. The van der Waals surface area contributed by atoms with Gasteiger partial charge in [0.05, 0.1) is 5.52 Å². The number of pyridine rings is 1. The van der Waals surface area contributed by atoms with Crippen LogP contribution in [0.25, 0.3) is 95.2 Å². The minimum atomic E-state index is -0.282. The van der Waals surface area contributed by atoms with E-state index in [9.17, 15) is 0 Å². The third-order valence-electron chi connectivity index (χ3n) is 11.7. The van der Waals surface area contributed by atoms with Crippen molar-refractivity contribution in [2.45, 2.75) is 19.3 Å². The molecule has 1 aliphatic carbocycles. The number of aromatic nitrogens is 5. The zero-order valence-electron chi connectivity index (χ0n) is 32.1. The second-order valence-electron chi connectivity index (χ2n) is 15.5. The Kier molecular flexibility index (Phi) is 7.76. The van der Waals surface area contributed by atoms with Gasteiger partial charge in [0.25, 0.3) is 0 Å². The first-order valence-corrected chi connectivity index (χ1v) is 19.7. The fraction of sp³-hybridized carbons (Fsp3) is 0.0566. The SMILES string of the molecule is CC1(C)c2cc(-c3nc(-c4ccccc4)nc(-c4cc(-c5ccccc5)cc(-c5ccccc5)c4)n3)ccc2-c2ccc(-n3c4ccccc4c4cccnc43)cc21. The quantitative estimate of drug-likeness (QED) is 0.170. The second kappa shape index (κ2) is 13.3. The van der Waals surface area contributed by atoms with Crippen molar-refractivity contribution in [2.75, 3.05) is 0 Å². The van der Waals surface area contributed by atoms with Crippen LogP contribution in [0.15, 0.2) is 188 Å². The lowest BCUT2D eigenvalue weighted by Gasteiger charge is -2.23. The lowest BCUT2D eigenvalue weighted by molar-refractivity contribution is 0.660. The summed E-state index contributed by atoms with van der Waals surface area (Å²) in [7, 11) is 0. The van der Waals surface area contributed by atoms with E-state index in [1.54, 1.807) is 0 Å². The van der Waals surface area contributed by atoms with Crippen molar-refractivity contribution in [3.63, 3.8) is 0 Å². The molecule has 5 nitrogen and oxygen atoms in total. The van der Waals surface area contributed by atoms with E-state index in [4.69, 9.17) is 19.9 Å². The van der Waals surface area contributed by atoms with Crippen LogP contribution in [0.5, 0.6) is 0 Å². The van der Waals surface area contributed by atoms with E-state index in [1.807, 2.05) is 30.5 Å². The third-order valence-corrected chi connectivity index (χ3v) is 11.7. The van der Waals surface area contributed by atoms with E-state index in [2.05, 4.69) is 176 Å². The molecule has 0 bridgehead atoms. The van der Waals surface area contributed by atoms with Gasteiger partial charge in [0.1, 0.15) is 5.65 Å². The molecule has 0 aliphatic heterocycles. The van der Waals surface area contributed by atoms with Gasteiger partial charge in [-0.25, -0.2) is 19.9 Å². The maximum Gasteiger partial charge on any atom is 0.164 e. The molecule has 0 N–H and O–H groups in total. The highest BCUT2D eigenvalue weighted by molar-refractivity contribution is 6.07. The van der Waals surface area contributed by atoms with Gasteiger partial charge in [0.15, 0.2) is 17.5 Å². The molecule has 0 unspecified atom stereocenters. The number of hydrogen-bond acceptors (Lipinski definition) is 4. The lowest BCUT2D eigenvalue weighted by Crippen LogP contribution is -2.15. The van der Waals surface area contributed by atoms with Crippen molar-refractivity contribution in [3.8, 4) is 73.2 Å². The number of benzene rings is 7. The first-order chi connectivity index (χ1) is 28.5. The average molecular weight is 744 g/mol. The molecule has 0 saturated carbocycles. The van der Waals surface area contributed by atoms with Crippen LogP contribution in [0.1, 0.15) is 25.0 Å². The topological polar surface area (TPSA) is 56.5 Å². The average Bonchev–Trinajstić information content (AvgIpc) is 3.74. The fourth-order valence-electron chi connectivity index (χ4n) is 8.76. The second-order valence-corrected chi connectivity index (χ2v) is 15.5. The molecule has 10 aromatic rings. The summed E-state index contributed by atoms with van der Waals surface area (Å²) in [5.41, 5.74) is 15.3. The zero-order valence-corrected chi connectivity index (χ0v) is 32.1. The van der Waals surface area contributed by atoms with E-state index >= 15 is 0 Å². The molecule has 58 heavy (non-hydrogen) atoms. The highest BCUT2D eigenvalue weighted by Gasteiger charge is 2.36. The summed E-state index contributed by atoms with van der Waals surface area (Å²) in [4.78, 5) is 20.4. The lowest BCUT2D eigenvalue weighted by atomic mass is 9.82. The predicted octanol–water partition coefficient (Wildman–Crippen LogP) is 13.0. The maximum atomic E-state index is 5.26. The Labute approximate surface area is 337 Å². The Bertz CT molecular complexity index is 3070. The largest absolute Gasteiger partial charge is 0.294 e. The standard InChI is InChI=1S/C53H37N5/c1-53(2)46-32-37(24-26-42(46)43-27-25-41(33-47(43)53)58-48-23-13-12-21-44(48)45-22-14-28-54-52(45)58)50-55-49(36-19-10-5-11-20-36)56-51(57-50)40-30-38(34-15-6-3-7-16-34)29-39(31-40)35-17-8-4-9-18-35/h3-33H,1-2H3. The van der Waals surface area contributed by atoms with Gasteiger partial charge in [-0.15, -0.1) is 0 Å². The molecule has 3 heterocycles. The molecule has 1 aliphatic rings. The molecule has 0 fully saturated rings. The van der Waals surface area contributed by atoms with Crippen molar-refractivity contribution in [2.24, 2.45) is 0 Å². The fourth-order valence-corrected chi connectivity index (χ4v) is 8.76. The number of rotatable bonds is 6. The number of hydrogen-bond donors (Lipinski definition) is 0. The molecule has 0 spiro atoms. The van der Waals surface area contributed by atoms with Gasteiger partial charge in [-0.2, -0.15) is 0 Å². The summed E-state index contributed by atoms with van der Waals surface area (Å²) in [6.45, 7) is 4.65. The molecular weight excluding hydrogens is 707 g/mol. The van der Waals surface area contributed by atoms with Gasteiger partial charge in [0.2, 0.25) is 0 Å². The predicted molar refractivity (Wildman–Crippen MR) is 237 cm³/mol. The Morgan fingerprint density at radius 1 is 0.397 bits per heavy atom. The molecule has 274 valence electrons. The summed E-state index contributed by atoms with van der Waals surface area (Å²) in [5, 5.41) is 2.36. The Balaban J connectivity index is 1.05.